The van der Waals surface area contributed by atoms with E-state index in [9.17, 15) is 9.90 Å². The maximum absolute atomic E-state index is 12.1. The van der Waals surface area contributed by atoms with Crippen molar-refractivity contribution in [1.29, 1.82) is 0 Å². The summed E-state index contributed by atoms with van der Waals surface area (Å²) in [6.45, 7) is 1.93. The zero-order valence-electron chi connectivity index (χ0n) is 12.7. The molecule has 122 valence electrons. The third kappa shape index (κ3) is 3.55. The van der Waals surface area contributed by atoms with Gasteiger partial charge >= 0.3 is 0 Å². The first-order chi connectivity index (χ1) is 11.1. The lowest BCUT2D eigenvalue weighted by atomic mass is 10.1. The summed E-state index contributed by atoms with van der Waals surface area (Å²) in [5, 5.41) is 10.7. The topological polar surface area (TPSA) is 62.1 Å². The third-order valence-corrected chi connectivity index (χ3v) is 5.45. The predicted molar refractivity (Wildman–Crippen MR) is 95.8 cm³/mol. The molecule has 0 atom stereocenters. The van der Waals surface area contributed by atoms with Crippen LogP contribution in [0.4, 0.5) is 0 Å². The number of aromatic hydroxyl groups is 1. The molecule has 3 rings (SSSR count). The molecule has 2 heterocycles. The molecule has 1 aromatic rings. The molecule has 0 bridgehead atoms. The van der Waals surface area contributed by atoms with E-state index in [4.69, 9.17) is 4.74 Å². The lowest BCUT2D eigenvalue weighted by molar-refractivity contribution is -0.113. The fourth-order valence-corrected chi connectivity index (χ4v) is 4.03. The molecule has 1 N–H and O–H groups in total. The van der Waals surface area contributed by atoms with Crippen molar-refractivity contribution in [2.45, 2.75) is 19.3 Å². The highest BCUT2D eigenvalue weighted by Crippen LogP contribution is 2.37. The van der Waals surface area contributed by atoms with Crippen LogP contribution in [0.3, 0.4) is 0 Å². The van der Waals surface area contributed by atoms with Crippen LogP contribution >= 0.6 is 27.7 Å². The summed E-state index contributed by atoms with van der Waals surface area (Å²) in [6, 6.07) is 3.44. The number of carbonyl (C=O) groups is 1. The molecule has 1 amide bonds. The van der Waals surface area contributed by atoms with E-state index in [0.29, 0.717) is 15.1 Å². The quantitative estimate of drug-likeness (QED) is 0.773. The van der Waals surface area contributed by atoms with Gasteiger partial charge in [-0.1, -0.05) is 0 Å². The molecule has 5 nitrogen and oxygen atoms in total. The number of thioether (sulfide) groups is 1. The standard InChI is InChI=1S/C16H17BrN2O3S/c1-22-12-8-10(7-11(17)14(12)20)9-13-15(21)18-16(23-13)19-5-3-2-4-6-19/h7-9,20H,2-6H2,1H3/b13-9-. The molecule has 0 unspecified atom stereocenters. The fourth-order valence-electron chi connectivity index (χ4n) is 2.60. The number of carbonyl (C=O) groups excluding carboxylic acids is 1. The number of piperidine rings is 1. The van der Waals surface area contributed by atoms with Gasteiger partial charge in [0.25, 0.3) is 5.91 Å². The summed E-state index contributed by atoms with van der Waals surface area (Å²) >= 11 is 4.70. The Kier molecular flexibility index (Phi) is 4.96. The summed E-state index contributed by atoms with van der Waals surface area (Å²) in [5.41, 5.74) is 0.775. The molecule has 0 aliphatic carbocycles. The number of amides is 1. The Morgan fingerprint density at radius 1 is 1.35 bits per heavy atom. The van der Waals surface area contributed by atoms with Crippen LogP contribution in [0.1, 0.15) is 24.8 Å². The van der Waals surface area contributed by atoms with Crippen molar-refractivity contribution in [3.63, 3.8) is 0 Å². The minimum absolute atomic E-state index is 0.0466. The number of rotatable bonds is 2. The van der Waals surface area contributed by atoms with E-state index in [2.05, 4.69) is 25.8 Å². The molecular weight excluding hydrogens is 380 g/mol. The van der Waals surface area contributed by atoms with E-state index < -0.39 is 0 Å². The number of benzene rings is 1. The smallest absolute Gasteiger partial charge is 0.286 e. The van der Waals surface area contributed by atoms with Crippen LogP contribution in [0.25, 0.3) is 6.08 Å². The molecule has 0 radical (unpaired) electrons. The zero-order chi connectivity index (χ0) is 16.4. The van der Waals surface area contributed by atoms with Crippen LogP contribution in [0, 0.1) is 0 Å². The van der Waals surface area contributed by atoms with Crippen LogP contribution in [-0.4, -0.2) is 41.3 Å². The van der Waals surface area contributed by atoms with Gasteiger partial charge in [0, 0.05) is 13.1 Å². The molecule has 7 heteroatoms. The van der Waals surface area contributed by atoms with Gasteiger partial charge in [0.05, 0.1) is 16.5 Å². The number of amidine groups is 1. The van der Waals surface area contributed by atoms with Crippen LogP contribution in [0.2, 0.25) is 0 Å². The Balaban J connectivity index is 1.81. The number of aliphatic imine (C=N–C) groups is 1. The number of halogens is 1. The zero-order valence-corrected chi connectivity index (χ0v) is 15.1. The van der Waals surface area contributed by atoms with Crippen LogP contribution in [-0.2, 0) is 4.79 Å². The molecule has 1 saturated heterocycles. The fraction of sp³-hybridized carbons (Fsp3) is 0.375. The number of phenols is 1. The van der Waals surface area contributed by atoms with Crippen LogP contribution in [0.5, 0.6) is 11.5 Å². The maximum atomic E-state index is 12.1. The molecule has 2 aliphatic heterocycles. The number of methoxy groups -OCH3 is 1. The summed E-state index contributed by atoms with van der Waals surface area (Å²) < 4.78 is 5.66. The maximum Gasteiger partial charge on any atom is 0.286 e. The second kappa shape index (κ2) is 6.97. The average Bonchev–Trinajstić information content (AvgIpc) is 2.92. The van der Waals surface area contributed by atoms with Gasteiger partial charge in [0.15, 0.2) is 16.7 Å². The Bertz CT molecular complexity index is 697. The summed E-state index contributed by atoms with van der Waals surface area (Å²) in [7, 11) is 1.49. The third-order valence-electron chi connectivity index (χ3n) is 3.80. The number of phenolic OH excluding ortho intramolecular Hbond substituents is 1. The Labute approximate surface area is 147 Å². The van der Waals surface area contributed by atoms with E-state index in [0.717, 1.165) is 36.7 Å². The summed E-state index contributed by atoms with van der Waals surface area (Å²) in [6.07, 6.45) is 5.32. The van der Waals surface area contributed by atoms with Crippen LogP contribution < -0.4 is 4.74 Å². The van der Waals surface area contributed by atoms with Crippen molar-refractivity contribution < 1.29 is 14.6 Å². The average molecular weight is 397 g/mol. The van der Waals surface area contributed by atoms with Gasteiger partial charge < -0.3 is 14.7 Å². The minimum atomic E-state index is -0.210. The molecule has 2 aliphatic rings. The largest absolute Gasteiger partial charge is 0.503 e. The highest BCUT2D eigenvalue weighted by atomic mass is 79.9. The molecule has 0 aromatic heterocycles. The highest BCUT2D eigenvalue weighted by molar-refractivity contribution is 9.10. The van der Waals surface area contributed by atoms with Gasteiger partial charge in [0.1, 0.15) is 0 Å². The van der Waals surface area contributed by atoms with E-state index in [1.54, 1.807) is 18.2 Å². The highest BCUT2D eigenvalue weighted by Gasteiger charge is 2.27. The first-order valence-corrected chi connectivity index (χ1v) is 9.03. The molecular formula is C16H17BrN2O3S. The van der Waals surface area contributed by atoms with Gasteiger partial charge in [0.2, 0.25) is 0 Å². The molecule has 0 spiro atoms. The van der Waals surface area contributed by atoms with Crippen molar-refractivity contribution in [2.24, 2.45) is 4.99 Å². The number of likely N-dealkylation sites (tertiary alicyclic amines) is 1. The molecule has 23 heavy (non-hydrogen) atoms. The SMILES string of the molecule is COc1cc(/C=C2\SC(N3CCCCC3)=NC2=O)cc(Br)c1O. The van der Waals surface area contributed by atoms with Gasteiger partial charge in [-0.15, -0.1) is 0 Å². The van der Waals surface area contributed by atoms with Crippen molar-refractivity contribution in [2.75, 3.05) is 20.2 Å². The molecule has 1 fully saturated rings. The van der Waals surface area contributed by atoms with Gasteiger partial charge in [-0.05, 0) is 70.7 Å². The second-order valence-electron chi connectivity index (χ2n) is 5.41. The Morgan fingerprint density at radius 2 is 2.09 bits per heavy atom. The monoisotopic (exact) mass is 396 g/mol. The molecule has 0 saturated carbocycles. The van der Waals surface area contributed by atoms with Crippen molar-refractivity contribution in [1.82, 2.24) is 4.90 Å². The summed E-state index contributed by atoms with van der Waals surface area (Å²) in [4.78, 5) is 19.1. The Morgan fingerprint density at radius 3 is 2.78 bits per heavy atom. The first kappa shape index (κ1) is 16.4. The van der Waals surface area contributed by atoms with Crippen molar-refractivity contribution in [3.05, 3.63) is 27.1 Å². The minimum Gasteiger partial charge on any atom is -0.503 e. The van der Waals surface area contributed by atoms with Crippen LogP contribution in [0.15, 0.2) is 26.5 Å². The number of nitrogens with zero attached hydrogens (tertiary/aromatic N) is 2. The van der Waals surface area contributed by atoms with Gasteiger partial charge in [-0.3, -0.25) is 4.79 Å². The number of ether oxygens (including phenoxy) is 1. The normalized spacial score (nSPS) is 20.1. The van der Waals surface area contributed by atoms with Gasteiger partial charge in [-0.25, -0.2) is 0 Å². The van der Waals surface area contributed by atoms with Crippen molar-refractivity contribution in [3.8, 4) is 11.5 Å². The van der Waals surface area contributed by atoms with E-state index in [-0.39, 0.29) is 11.7 Å². The summed E-state index contributed by atoms with van der Waals surface area (Å²) in [5.74, 6) is 0.197. The second-order valence-corrected chi connectivity index (χ2v) is 7.27. The first-order valence-electron chi connectivity index (χ1n) is 7.42. The lowest BCUT2D eigenvalue weighted by Gasteiger charge is -2.27. The van der Waals surface area contributed by atoms with Gasteiger partial charge in [-0.2, -0.15) is 4.99 Å². The predicted octanol–water partition coefficient (Wildman–Crippen LogP) is 3.62. The number of hydrogen-bond donors (Lipinski definition) is 1. The number of hydrogen-bond acceptors (Lipinski definition) is 5. The lowest BCUT2D eigenvalue weighted by Crippen LogP contribution is -2.33. The van der Waals surface area contributed by atoms with E-state index in [1.165, 1.54) is 25.3 Å². The Hall–Kier alpha value is -1.47. The van der Waals surface area contributed by atoms with Crippen molar-refractivity contribution >= 4 is 44.8 Å². The van der Waals surface area contributed by atoms with E-state index >= 15 is 0 Å². The van der Waals surface area contributed by atoms with E-state index in [1.807, 2.05) is 0 Å². The molecule has 1 aromatic carbocycles.